The van der Waals surface area contributed by atoms with E-state index in [2.05, 4.69) is 27.7 Å². The van der Waals surface area contributed by atoms with Crippen LogP contribution < -0.4 is 33.0 Å². The number of rotatable bonds is 18. The predicted octanol–water partition coefficient (Wildman–Crippen LogP) is 8.12. The molecule has 0 radical (unpaired) electrons. The lowest BCUT2D eigenvalue weighted by Gasteiger charge is -2.04. The summed E-state index contributed by atoms with van der Waals surface area (Å²) in [6.45, 7) is 17.0. The Morgan fingerprint density at radius 3 is 0.931 bits per heavy atom. The fourth-order valence-corrected chi connectivity index (χ4v) is 6.30. The van der Waals surface area contributed by atoms with Crippen molar-refractivity contribution in [3.63, 3.8) is 0 Å². The molecule has 0 fully saturated rings. The van der Waals surface area contributed by atoms with Crippen LogP contribution in [-0.2, 0) is 39.3 Å². The summed E-state index contributed by atoms with van der Waals surface area (Å²) in [6, 6.07) is 13.4. The summed E-state index contributed by atoms with van der Waals surface area (Å²) in [4.78, 5) is 65.9. The minimum Gasteiger partial charge on any atom is -0.503 e. The Hall–Kier alpha value is -7.50. The number of hydrogen-bond donors (Lipinski definition) is 6. The Morgan fingerprint density at radius 1 is 0.306 bits per heavy atom. The molecule has 0 aliphatic carbocycles. The fraction of sp³-hybridized carbons (Fsp3) is 0.444. The van der Waals surface area contributed by atoms with Gasteiger partial charge in [0.05, 0.1) is 0 Å². The molecule has 0 aliphatic heterocycles. The van der Waals surface area contributed by atoms with Crippen LogP contribution in [0.25, 0.3) is 0 Å². The van der Waals surface area contributed by atoms with E-state index >= 15 is 0 Å². The third kappa shape index (κ3) is 24.9. The highest BCUT2D eigenvalue weighted by molar-refractivity contribution is 5.18. The van der Waals surface area contributed by atoms with Crippen molar-refractivity contribution in [2.24, 2.45) is 0 Å². The summed E-state index contributed by atoms with van der Waals surface area (Å²) >= 11 is 0. The second-order valence-corrected chi connectivity index (χ2v) is 16.6. The highest BCUT2D eigenvalue weighted by Crippen LogP contribution is 2.05. The fourth-order valence-electron chi connectivity index (χ4n) is 6.30. The van der Waals surface area contributed by atoms with Crippen molar-refractivity contribution in [3.05, 3.63) is 172 Å². The van der Waals surface area contributed by atoms with Crippen LogP contribution in [0.4, 0.5) is 0 Å². The van der Waals surface area contributed by atoms with Crippen LogP contribution in [-0.4, -0.2) is 58.0 Å². The van der Waals surface area contributed by atoms with Gasteiger partial charge >= 0.3 is 0 Å². The van der Waals surface area contributed by atoms with Crippen LogP contribution in [0.1, 0.15) is 119 Å². The van der Waals surface area contributed by atoms with Gasteiger partial charge in [0.2, 0.25) is 16.3 Å². The quantitative estimate of drug-likeness (QED) is 0.0447. The normalized spacial score (nSPS) is 10.1. The predicted molar refractivity (Wildman–Crippen MR) is 284 cm³/mol. The van der Waals surface area contributed by atoms with Crippen LogP contribution in [0.3, 0.4) is 0 Å². The molecule has 6 heterocycles. The van der Waals surface area contributed by atoms with Crippen LogP contribution in [0.2, 0.25) is 0 Å². The van der Waals surface area contributed by atoms with E-state index in [0.29, 0.717) is 19.6 Å². The van der Waals surface area contributed by atoms with E-state index < -0.39 is 0 Å². The average Bonchev–Trinajstić information content (AvgIpc) is 3.36. The van der Waals surface area contributed by atoms with Crippen molar-refractivity contribution < 1.29 is 30.6 Å². The van der Waals surface area contributed by atoms with E-state index in [1.54, 1.807) is 64.5 Å². The number of nitrogens with zero attached hydrogens (tertiary/aromatic N) is 6. The minimum atomic E-state index is -0.322. The van der Waals surface area contributed by atoms with Crippen molar-refractivity contribution in [2.75, 3.05) is 0 Å². The van der Waals surface area contributed by atoms with E-state index in [4.69, 9.17) is 30.6 Å². The number of pyridine rings is 6. The second-order valence-electron chi connectivity index (χ2n) is 16.6. The van der Waals surface area contributed by atoms with Gasteiger partial charge in [-0.2, -0.15) is 0 Å². The lowest BCUT2D eigenvalue weighted by atomic mass is 10.2. The molecule has 0 aromatic carbocycles. The summed E-state index contributed by atoms with van der Waals surface area (Å²) in [5, 5.41) is 54.4. The van der Waals surface area contributed by atoms with Gasteiger partial charge in [0.15, 0.2) is 34.5 Å². The van der Waals surface area contributed by atoms with Gasteiger partial charge in [-0.25, -0.2) is 0 Å². The molecule has 0 spiro atoms. The second kappa shape index (κ2) is 36.4. The highest BCUT2D eigenvalue weighted by atomic mass is 16.3. The maximum atomic E-state index is 11.3. The zero-order chi connectivity index (χ0) is 53.8. The summed E-state index contributed by atoms with van der Waals surface area (Å²) < 4.78 is 10.0. The number of aromatic nitrogens is 6. The third-order valence-corrected chi connectivity index (χ3v) is 10.4. The molecule has 0 saturated heterocycles. The lowest BCUT2D eigenvalue weighted by Crippen LogP contribution is -2.18. The SMILES string of the molecule is CCCCCn1ccc(=O)c(O)c1.CCCCCn1cccc(O)c1=O.CCCCn1ccc(=O)c(O)c1.CCCCn1cccc(O)c1=O.CCCn1ccc(=O)c(O)c1.CCCn1cccc(O)c1=O. The molecule has 6 aromatic heterocycles. The molecule has 396 valence electrons. The smallest absolute Gasteiger partial charge is 0.292 e. The van der Waals surface area contributed by atoms with E-state index in [9.17, 15) is 28.8 Å². The molecule has 0 unspecified atom stereocenters. The van der Waals surface area contributed by atoms with Crippen LogP contribution >= 0.6 is 0 Å². The Kier molecular flexibility index (Phi) is 31.6. The number of aromatic hydroxyl groups is 6. The van der Waals surface area contributed by atoms with Crippen molar-refractivity contribution in [1.29, 1.82) is 0 Å². The average molecular weight is 1000 g/mol. The molecule has 0 amide bonds. The molecule has 0 atom stereocenters. The monoisotopic (exact) mass is 1000 g/mol. The van der Waals surface area contributed by atoms with Crippen LogP contribution in [0.5, 0.6) is 34.5 Å². The minimum absolute atomic E-state index is 0.168. The Labute approximate surface area is 421 Å². The first-order chi connectivity index (χ1) is 34.5. The van der Waals surface area contributed by atoms with Gasteiger partial charge in [0, 0.05) is 113 Å². The van der Waals surface area contributed by atoms with Gasteiger partial charge in [0.25, 0.3) is 16.7 Å². The molecule has 6 rings (SSSR count). The largest absolute Gasteiger partial charge is 0.503 e. The first kappa shape index (κ1) is 62.5. The van der Waals surface area contributed by atoms with Gasteiger partial charge in [0.1, 0.15) is 0 Å². The molecule has 0 aliphatic rings. The maximum absolute atomic E-state index is 11.3. The van der Waals surface area contributed by atoms with E-state index in [1.165, 1.54) is 77.0 Å². The molecular formula is C54H78N6O12. The van der Waals surface area contributed by atoms with Gasteiger partial charge < -0.3 is 58.0 Å². The van der Waals surface area contributed by atoms with E-state index in [-0.39, 0.29) is 67.5 Å². The molecule has 72 heavy (non-hydrogen) atoms. The lowest BCUT2D eigenvalue weighted by molar-refractivity contribution is 0.453. The molecule has 0 bridgehead atoms. The van der Waals surface area contributed by atoms with Gasteiger partial charge in [-0.1, -0.05) is 80.1 Å². The molecular weight excluding hydrogens is 925 g/mol. The van der Waals surface area contributed by atoms with E-state index in [1.807, 2.05) is 23.0 Å². The Balaban J connectivity index is 0.000000432. The number of unbranched alkanes of at least 4 members (excludes halogenated alkanes) is 6. The van der Waals surface area contributed by atoms with Crippen molar-refractivity contribution >= 4 is 0 Å². The zero-order valence-corrected chi connectivity index (χ0v) is 42.9. The summed E-state index contributed by atoms with van der Waals surface area (Å²) in [6.07, 6.45) is 27.3. The Bertz CT molecular complexity index is 2810. The first-order valence-corrected chi connectivity index (χ1v) is 24.8. The highest BCUT2D eigenvalue weighted by Gasteiger charge is 2.02. The molecule has 18 nitrogen and oxygen atoms in total. The molecule has 0 saturated carbocycles. The third-order valence-electron chi connectivity index (χ3n) is 10.4. The summed E-state index contributed by atoms with van der Waals surface area (Å²) in [5.74, 6) is -1.04. The zero-order valence-electron chi connectivity index (χ0n) is 42.9. The number of hydrogen-bond acceptors (Lipinski definition) is 12. The summed E-state index contributed by atoms with van der Waals surface area (Å²) in [7, 11) is 0. The molecule has 6 aromatic rings. The summed E-state index contributed by atoms with van der Waals surface area (Å²) in [5.41, 5.74) is -1.86. The maximum Gasteiger partial charge on any atom is 0.292 e. The molecule has 6 N–H and O–H groups in total. The first-order valence-electron chi connectivity index (χ1n) is 24.8. The number of aryl methyl sites for hydroxylation is 6. The van der Waals surface area contributed by atoms with E-state index in [0.717, 1.165) is 83.8 Å². The molecule has 18 heteroatoms. The van der Waals surface area contributed by atoms with Gasteiger partial charge in [-0.15, -0.1) is 0 Å². The van der Waals surface area contributed by atoms with Crippen molar-refractivity contribution in [1.82, 2.24) is 27.4 Å². The van der Waals surface area contributed by atoms with Crippen LogP contribution in [0.15, 0.2) is 139 Å². The van der Waals surface area contributed by atoms with Crippen molar-refractivity contribution in [2.45, 2.75) is 158 Å². The van der Waals surface area contributed by atoms with Gasteiger partial charge in [-0.05, 0) is 74.9 Å². The standard InChI is InChI=1S/2C10H15NO2.2C9H13NO2.2C8H11NO2/c1-2-3-4-7-11-8-5-6-9(12)10(11)13;1-2-3-4-6-11-7-5-9(12)10(13)8-11;1-2-3-6-10-7-4-5-8(11)9(10)12;1-2-3-5-10-6-4-8(11)9(12)7-10;1-2-5-9-6-3-4-7(10)8(9)11;1-2-4-9-5-3-7(10)8(11)6-9/h5-6,8,12H,2-4,7H2,1H3;5,7-8,13H,2-4,6H2,1H3;4-5,7,11H,2-3,6H2,1H3;4,6-7,12H,2-3,5H2,1H3;3-4,6,10H,2,5H2,1H3;3,5-6,11H,2,4H2,1H3. The van der Waals surface area contributed by atoms with Gasteiger partial charge in [-0.3, -0.25) is 28.8 Å². The Morgan fingerprint density at radius 2 is 0.597 bits per heavy atom. The topological polar surface area (TPSA) is 253 Å². The van der Waals surface area contributed by atoms with Crippen molar-refractivity contribution in [3.8, 4) is 34.5 Å². The van der Waals surface area contributed by atoms with Crippen LogP contribution in [0, 0.1) is 0 Å².